The molecule has 1 fully saturated rings. The van der Waals surface area contributed by atoms with Crippen LogP contribution in [0.25, 0.3) is 16.6 Å². The molecule has 5 nitrogen and oxygen atoms in total. The maximum atomic E-state index is 13.9. The van der Waals surface area contributed by atoms with Crippen molar-refractivity contribution < 1.29 is 13.6 Å². The van der Waals surface area contributed by atoms with Crippen LogP contribution >= 0.6 is 11.3 Å². The van der Waals surface area contributed by atoms with Gasteiger partial charge in [-0.15, -0.1) is 10.2 Å². The van der Waals surface area contributed by atoms with Gasteiger partial charge in [0.05, 0.1) is 0 Å². The second-order valence-corrected chi connectivity index (χ2v) is 8.78. The van der Waals surface area contributed by atoms with Crippen molar-refractivity contribution in [3.8, 4) is 10.6 Å². The molecule has 0 atom stereocenters. The fourth-order valence-electron chi connectivity index (χ4n) is 3.67. The van der Waals surface area contributed by atoms with Gasteiger partial charge in [0.2, 0.25) is 5.01 Å². The summed E-state index contributed by atoms with van der Waals surface area (Å²) in [6.07, 6.45) is 6.36. The Morgan fingerprint density at radius 3 is 2.66 bits per heavy atom. The van der Waals surface area contributed by atoms with Gasteiger partial charge in [-0.2, -0.15) is 0 Å². The van der Waals surface area contributed by atoms with E-state index >= 15 is 0 Å². The van der Waals surface area contributed by atoms with E-state index in [1.54, 1.807) is 0 Å². The zero-order valence-electron chi connectivity index (χ0n) is 17.5. The molecular weight excluding hydrogens is 430 g/mol. The van der Waals surface area contributed by atoms with Gasteiger partial charge in [0.15, 0.2) is 5.01 Å². The first-order chi connectivity index (χ1) is 15.6. The molecule has 0 aliphatic carbocycles. The Balaban J connectivity index is 1.22. The summed E-state index contributed by atoms with van der Waals surface area (Å²) >= 11 is 0.996. The van der Waals surface area contributed by atoms with Crippen LogP contribution in [0.5, 0.6) is 0 Å². The van der Waals surface area contributed by atoms with E-state index in [2.05, 4.69) is 44.7 Å². The Labute approximate surface area is 189 Å². The third kappa shape index (κ3) is 5.83. The second kappa shape index (κ2) is 10.6. The van der Waals surface area contributed by atoms with Gasteiger partial charge in [-0.3, -0.25) is 9.69 Å². The minimum Gasteiger partial charge on any atom is -0.350 e. The Morgan fingerprint density at radius 1 is 1.12 bits per heavy atom. The molecule has 2 aromatic carbocycles. The summed E-state index contributed by atoms with van der Waals surface area (Å²) < 4.78 is 27.0. The van der Waals surface area contributed by atoms with Crippen molar-refractivity contribution in [2.24, 2.45) is 5.92 Å². The number of likely N-dealkylation sites (tertiary alicyclic amines) is 1. The number of benzene rings is 2. The smallest absolute Gasteiger partial charge is 0.282 e. The van der Waals surface area contributed by atoms with Gasteiger partial charge in [0.1, 0.15) is 11.6 Å². The summed E-state index contributed by atoms with van der Waals surface area (Å²) in [5, 5.41) is 11.1. The second-order valence-electron chi connectivity index (χ2n) is 7.80. The van der Waals surface area contributed by atoms with Crippen LogP contribution in [0.3, 0.4) is 0 Å². The topological polar surface area (TPSA) is 58.1 Å². The first-order valence-corrected chi connectivity index (χ1v) is 11.4. The van der Waals surface area contributed by atoms with Crippen LogP contribution in [0.15, 0.2) is 54.6 Å². The van der Waals surface area contributed by atoms with Crippen LogP contribution in [-0.2, 0) is 0 Å². The molecule has 8 heteroatoms. The van der Waals surface area contributed by atoms with Crippen molar-refractivity contribution in [2.75, 3.05) is 26.2 Å². The molecular formula is C24H24F2N4OS. The average molecular weight is 455 g/mol. The van der Waals surface area contributed by atoms with E-state index < -0.39 is 11.6 Å². The van der Waals surface area contributed by atoms with Crippen LogP contribution < -0.4 is 5.32 Å². The first-order valence-electron chi connectivity index (χ1n) is 10.6. The molecule has 1 aliphatic heterocycles. The van der Waals surface area contributed by atoms with Crippen LogP contribution in [0.4, 0.5) is 8.78 Å². The van der Waals surface area contributed by atoms with Gasteiger partial charge in [0, 0.05) is 24.7 Å². The van der Waals surface area contributed by atoms with Crippen LogP contribution in [0, 0.1) is 17.6 Å². The molecule has 4 rings (SSSR count). The predicted octanol–water partition coefficient (Wildman–Crippen LogP) is 4.64. The van der Waals surface area contributed by atoms with Gasteiger partial charge >= 0.3 is 0 Å². The zero-order valence-corrected chi connectivity index (χ0v) is 18.3. The highest BCUT2D eigenvalue weighted by Crippen LogP contribution is 2.26. The molecule has 0 bridgehead atoms. The minimum absolute atomic E-state index is 0.136. The third-order valence-electron chi connectivity index (χ3n) is 5.51. The van der Waals surface area contributed by atoms with Crippen molar-refractivity contribution in [1.29, 1.82) is 0 Å². The predicted molar refractivity (Wildman–Crippen MR) is 122 cm³/mol. The summed E-state index contributed by atoms with van der Waals surface area (Å²) in [5.41, 5.74) is 1.34. The van der Waals surface area contributed by atoms with E-state index in [1.165, 1.54) is 11.6 Å². The number of hydrogen-bond acceptors (Lipinski definition) is 5. The van der Waals surface area contributed by atoms with Gasteiger partial charge in [-0.25, -0.2) is 8.78 Å². The molecule has 1 aromatic heterocycles. The fourth-order valence-corrected chi connectivity index (χ4v) is 4.46. The van der Waals surface area contributed by atoms with Gasteiger partial charge in [0.25, 0.3) is 5.91 Å². The number of piperidine rings is 1. The monoisotopic (exact) mass is 454 g/mol. The zero-order chi connectivity index (χ0) is 22.3. The highest BCUT2D eigenvalue weighted by molar-refractivity contribution is 7.16. The molecule has 0 unspecified atom stereocenters. The maximum Gasteiger partial charge on any atom is 0.282 e. The van der Waals surface area contributed by atoms with Crippen molar-refractivity contribution in [3.05, 3.63) is 76.8 Å². The lowest BCUT2D eigenvalue weighted by Gasteiger charge is -2.31. The van der Waals surface area contributed by atoms with Crippen LogP contribution in [0.1, 0.15) is 28.2 Å². The molecule has 1 N–H and O–H groups in total. The molecule has 1 amide bonds. The first kappa shape index (κ1) is 22.2. The lowest BCUT2D eigenvalue weighted by Crippen LogP contribution is -2.38. The number of nitrogens with one attached hydrogen (secondary N) is 1. The van der Waals surface area contributed by atoms with E-state index in [4.69, 9.17) is 0 Å². The van der Waals surface area contributed by atoms with Crippen molar-refractivity contribution in [3.63, 3.8) is 0 Å². The maximum absolute atomic E-state index is 13.9. The number of amides is 1. The lowest BCUT2D eigenvalue weighted by molar-refractivity contribution is 0.0936. The Morgan fingerprint density at radius 2 is 1.91 bits per heavy atom. The molecule has 0 saturated carbocycles. The molecule has 32 heavy (non-hydrogen) atoms. The summed E-state index contributed by atoms with van der Waals surface area (Å²) in [4.78, 5) is 14.8. The Kier molecular flexibility index (Phi) is 7.34. The largest absolute Gasteiger partial charge is 0.350 e. The lowest BCUT2D eigenvalue weighted by atomic mass is 9.97. The molecule has 3 aromatic rings. The molecule has 2 heterocycles. The number of halogens is 2. The summed E-state index contributed by atoms with van der Waals surface area (Å²) in [5.74, 6) is -1.29. The van der Waals surface area contributed by atoms with Crippen molar-refractivity contribution >= 4 is 23.3 Å². The summed E-state index contributed by atoms with van der Waals surface area (Å²) in [6, 6.07) is 13.5. The molecule has 0 spiro atoms. The van der Waals surface area contributed by atoms with Gasteiger partial charge in [-0.1, -0.05) is 53.8 Å². The highest BCUT2D eigenvalue weighted by atomic mass is 32.1. The molecule has 0 radical (unpaired) electrons. The van der Waals surface area contributed by atoms with E-state index in [0.717, 1.165) is 55.9 Å². The van der Waals surface area contributed by atoms with E-state index in [9.17, 15) is 13.6 Å². The van der Waals surface area contributed by atoms with Crippen LogP contribution in [0.2, 0.25) is 0 Å². The standard InChI is InChI=1S/C24H24F2N4OS/c25-19-8-9-20(21(26)15-19)23-28-29-24(32-23)22(31)27-16-18-10-13-30(14-11-18)12-4-7-17-5-2-1-3-6-17/h1-9,15,18H,10-14,16H2,(H,27,31)/b7-4+. The molecule has 166 valence electrons. The van der Waals surface area contributed by atoms with E-state index in [1.807, 2.05) is 18.2 Å². The van der Waals surface area contributed by atoms with Crippen molar-refractivity contribution in [2.45, 2.75) is 12.8 Å². The number of carbonyl (C=O) groups excluding carboxylic acids is 1. The number of carbonyl (C=O) groups is 1. The summed E-state index contributed by atoms with van der Waals surface area (Å²) in [6.45, 7) is 3.48. The van der Waals surface area contributed by atoms with E-state index in [-0.39, 0.29) is 21.5 Å². The van der Waals surface area contributed by atoms with Gasteiger partial charge < -0.3 is 5.32 Å². The van der Waals surface area contributed by atoms with Gasteiger partial charge in [-0.05, 0) is 49.5 Å². The fraction of sp³-hybridized carbons (Fsp3) is 0.292. The Bertz CT molecular complexity index is 1080. The third-order valence-corrected chi connectivity index (χ3v) is 6.47. The van der Waals surface area contributed by atoms with Crippen LogP contribution in [-0.4, -0.2) is 47.2 Å². The number of aromatic nitrogens is 2. The number of rotatable bonds is 7. The molecule has 1 aliphatic rings. The highest BCUT2D eigenvalue weighted by Gasteiger charge is 2.21. The summed E-state index contributed by atoms with van der Waals surface area (Å²) in [7, 11) is 0. The normalized spacial score (nSPS) is 15.3. The quantitative estimate of drug-likeness (QED) is 0.565. The minimum atomic E-state index is -0.724. The SMILES string of the molecule is O=C(NCC1CCN(C/C=C/c2ccccc2)CC1)c1nnc(-c2ccc(F)cc2F)s1. The van der Waals surface area contributed by atoms with Crippen molar-refractivity contribution in [1.82, 2.24) is 20.4 Å². The number of nitrogens with zero attached hydrogens (tertiary/aromatic N) is 3. The molecule has 1 saturated heterocycles. The van der Waals surface area contributed by atoms with E-state index in [0.29, 0.717) is 12.5 Å². The Hall–Kier alpha value is -2.97. The number of hydrogen-bond donors (Lipinski definition) is 1. The average Bonchev–Trinajstić information content (AvgIpc) is 3.29.